The van der Waals surface area contributed by atoms with Crippen molar-refractivity contribution < 1.29 is 4.79 Å². The van der Waals surface area contributed by atoms with Gasteiger partial charge in [0.15, 0.2) is 0 Å². The quantitative estimate of drug-likeness (QED) is 0.722. The van der Waals surface area contributed by atoms with Crippen LogP contribution in [0.4, 0.5) is 0 Å². The largest absolute Gasteiger partial charge is 0.348 e. The minimum Gasteiger partial charge on any atom is -0.348 e. The van der Waals surface area contributed by atoms with Gasteiger partial charge in [-0.3, -0.25) is 4.79 Å². The van der Waals surface area contributed by atoms with Gasteiger partial charge >= 0.3 is 0 Å². The van der Waals surface area contributed by atoms with E-state index in [0.29, 0.717) is 6.54 Å². The number of hydrogen-bond donors (Lipinski definition) is 2. The van der Waals surface area contributed by atoms with E-state index in [9.17, 15) is 4.79 Å². The van der Waals surface area contributed by atoms with E-state index in [1.807, 2.05) is 17.8 Å². The normalized spacial score (nSPS) is 20.5. The van der Waals surface area contributed by atoms with Gasteiger partial charge in [0.25, 0.3) is 0 Å². The molecule has 1 aromatic rings. The van der Waals surface area contributed by atoms with Crippen LogP contribution in [0.5, 0.6) is 0 Å². The van der Waals surface area contributed by atoms with Crippen LogP contribution in [-0.4, -0.2) is 28.0 Å². The number of nitrogens with zero attached hydrogens (tertiary/aromatic N) is 2. The third kappa shape index (κ3) is 2.36. The van der Waals surface area contributed by atoms with Crippen LogP contribution in [-0.2, 0) is 18.4 Å². The van der Waals surface area contributed by atoms with Crippen LogP contribution in [0.1, 0.15) is 18.7 Å². The molecular formula is C10H16N4O. The molecule has 1 fully saturated rings. The molecule has 0 aliphatic carbocycles. The number of hydrogen-bond acceptors (Lipinski definition) is 3. The molecule has 1 unspecified atom stereocenters. The topological polar surface area (TPSA) is 59.0 Å². The van der Waals surface area contributed by atoms with E-state index in [0.717, 1.165) is 25.2 Å². The molecule has 0 saturated carbocycles. The zero-order valence-corrected chi connectivity index (χ0v) is 8.86. The van der Waals surface area contributed by atoms with Crippen molar-refractivity contribution in [3.63, 3.8) is 0 Å². The van der Waals surface area contributed by atoms with Crippen molar-refractivity contribution in [2.75, 3.05) is 6.54 Å². The summed E-state index contributed by atoms with van der Waals surface area (Å²) in [5.41, 5.74) is 0. The molecule has 1 saturated heterocycles. The molecule has 1 amide bonds. The monoisotopic (exact) mass is 208 g/mol. The number of imidazole rings is 1. The second-order valence-electron chi connectivity index (χ2n) is 3.82. The van der Waals surface area contributed by atoms with Crippen molar-refractivity contribution >= 4 is 5.91 Å². The van der Waals surface area contributed by atoms with Crippen molar-refractivity contribution in [3.05, 3.63) is 18.2 Å². The molecule has 0 bridgehead atoms. The van der Waals surface area contributed by atoms with Gasteiger partial charge < -0.3 is 15.2 Å². The fourth-order valence-electron chi connectivity index (χ4n) is 1.76. The summed E-state index contributed by atoms with van der Waals surface area (Å²) in [5.74, 6) is 0.955. The van der Waals surface area contributed by atoms with E-state index in [1.54, 1.807) is 6.20 Å². The Balaban J connectivity index is 1.83. The summed E-state index contributed by atoms with van der Waals surface area (Å²) in [5, 5.41) is 6.04. The number of carbonyl (C=O) groups is 1. The average molecular weight is 208 g/mol. The van der Waals surface area contributed by atoms with Gasteiger partial charge in [0.2, 0.25) is 5.91 Å². The summed E-state index contributed by atoms with van der Waals surface area (Å²) in [4.78, 5) is 15.8. The number of nitrogens with one attached hydrogen (secondary N) is 2. The van der Waals surface area contributed by atoms with Crippen LogP contribution >= 0.6 is 0 Å². The van der Waals surface area contributed by atoms with Gasteiger partial charge in [-0.05, 0) is 19.4 Å². The number of carbonyl (C=O) groups excluding carboxylic acids is 1. The summed E-state index contributed by atoms with van der Waals surface area (Å²) in [6, 6.07) is -0.00901. The van der Waals surface area contributed by atoms with Crippen LogP contribution in [0, 0.1) is 0 Å². The van der Waals surface area contributed by atoms with Crippen molar-refractivity contribution in [3.8, 4) is 0 Å². The SMILES string of the molecule is Cn1ccnc1CNC(=O)C1CCCN1. The maximum Gasteiger partial charge on any atom is 0.237 e. The van der Waals surface area contributed by atoms with Crippen molar-refractivity contribution in [2.45, 2.75) is 25.4 Å². The molecule has 1 atom stereocenters. The number of aromatic nitrogens is 2. The highest BCUT2D eigenvalue weighted by Crippen LogP contribution is 2.04. The molecule has 82 valence electrons. The Morgan fingerprint density at radius 2 is 2.67 bits per heavy atom. The molecule has 2 N–H and O–H groups in total. The summed E-state index contributed by atoms with van der Waals surface area (Å²) in [6.45, 7) is 1.45. The summed E-state index contributed by atoms with van der Waals surface area (Å²) in [7, 11) is 1.92. The lowest BCUT2D eigenvalue weighted by atomic mass is 10.2. The fraction of sp³-hybridized carbons (Fsp3) is 0.600. The maximum absolute atomic E-state index is 11.6. The van der Waals surface area contributed by atoms with E-state index >= 15 is 0 Å². The van der Waals surface area contributed by atoms with Crippen LogP contribution in [0.25, 0.3) is 0 Å². The fourth-order valence-corrected chi connectivity index (χ4v) is 1.76. The van der Waals surface area contributed by atoms with Crippen LogP contribution in [0.3, 0.4) is 0 Å². The van der Waals surface area contributed by atoms with Gasteiger partial charge in [-0.2, -0.15) is 0 Å². The molecule has 2 heterocycles. The highest BCUT2D eigenvalue weighted by molar-refractivity contribution is 5.81. The highest BCUT2D eigenvalue weighted by atomic mass is 16.2. The molecule has 0 aromatic carbocycles. The van der Waals surface area contributed by atoms with E-state index in [2.05, 4.69) is 15.6 Å². The lowest BCUT2D eigenvalue weighted by Gasteiger charge is -2.10. The predicted molar refractivity (Wildman–Crippen MR) is 56.1 cm³/mol. The van der Waals surface area contributed by atoms with Crippen molar-refractivity contribution in [1.82, 2.24) is 20.2 Å². The first-order chi connectivity index (χ1) is 7.27. The van der Waals surface area contributed by atoms with Gasteiger partial charge in [-0.25, -0.2) is 4.98 Å². The minimum absolute atomic E-state index is 0.00901. The second kappa shape index (κ2) is 4.44. The molecule has 1 aliphatic heterocycles. The van der Waals surface area contributed by atoms with E-state index in [4.69, 9.17) is 0 Å². The van der Waals surface area contributed by atoms with Crippen LogP contribution in [0.15, 0.2) is 12.4 Å². The first kappa shape index (κ1) is 10.2. The second-order valence-corrected chi connectivity index (χ2v) is 3.82. The van der Waals surface area contributed by atoms with Gasteiger partial charge in [-0.1, -0.05) is 0 Å². The molecule has 5 heteroatoms. The molecule has 15 heavy (non-hydrogen) atoms. The Kier molecular flexibility index (Phi) is 3.01. The summed E-state index contributed by atoms with van der Waals surface area (Å²) >= 11 is 0. The highest BCUT2D eigenvalue weighted by Gasteiger charge is 2.21. The zero-order chi connectivity index (χ0) is 10.7. The zero-order valence-electron chi connectivity index (χ0n) is 8.86. The number of rotatable bonds is 3. The van der Waals surface area contributed by atoms with Gasteiger partial charge in [0.1, 0.15) is 5.82 Å². The van der Waals surface area contributed by atoms with Gasteiger partial charge in [0, 0.05) is 19.4 Å². The van der Waals surface area contributed by atoms with E-state index in [-0.39, 0.29) is 11.9 Å². The molecule has 2 rings (SSSR count). The minimum atomic E-state index is -0.00901. The maximum atomic E-state index is 11.6. The van der Waals surface area contributed by atoms with E-state index < -0.39 is 0 Å². The van der Waals surface area contributed by atoms with E-state index in [1.165, 1.54) is 0 Å². The van der Waals surface area contributed by atoms with Gasteiger partial charge in [-0.15, -0.1) is 0 Å². The molecule has 1 aliphatic rings. The third-order valence-corrected chi connectivity index (χ3v) is 2.72. The lowest BCUT2D eigenvalue weighted by molar-refractivity contribution is -0.123. The summed E-state index contributed by atoms with van der Waals surface area (Å²) < 4.78 is 1.91. The van der Waals surface area contributed by atoms with Crippen LogP contribution in [0.2, 0.25) is 0 Å². The molecular weight excluding hydrogens is 192 g/mol. The van der Waals surface area contributed by atoms with Crippen LogP contribution < -0.4 is 10.6 Å². The Morgan fingerprint density at radius 1 is 1.80 bits per heavy atom. The number of amides is 1. The van der Waals surface area contributed by atoms with Gasteiger partial charge in [0.05, 0.1) is 12.6 Å². The molecule has 1 aromatic heterocycles. The summed E-state index contributed by atoms with van der Waals surface area (Å²) in [6.07, 6.45) is 5.62. The Morgan fingerprint density at radius 3 is 3.27 bits per heavy atom. The predicted octanol–water partition coefficient (Wildman–Crippen LogP) is -0.212. The Labute approximate surface area is 88.9 Å². The molecule has 0 spiro atoms. The molecule has 5 nitrogen and oxygen atoms in total. The first-order valence-corrected chi connectivity index (χ1v) is 5.24. The van der Waals surface area contributed by atoms with Crippen molar-refractivity contribution in [1.29, 1.82) is 0 Å². The Hall–Kier alpha value is -1.36. The first-order valence-electron chi connectivity index (χ1n) is 5.24. The molecule has 0 radical (unpaired) electrons. The Bertz CT molecular complexity index is 341. The smallest absolute Gasteiger partial charge is 0.237 e. The lowest BCUT2D eigenvalue weighted by Crippen LogP contribution is -2.40. The standard InChI is InChI=1S/C10H16N4O/c1-14-6-5-12-9(14)7-13-10(15)8-3-2-4-11-8/h5-6,8,11H,2-4,7H2,1H3,(H,13,15). The third-order valence-electron chi connectivity index (χ3n) is 2.72. The number of aryl methyl sites for hydroxylation is 1. The average Bonchev–Trinajstić information content (AvgIpc) is 2.85. The van der Waals surface area contributed by atoms with Crippen molar-refractivity contribution in [2.24, 2.45) is 7.05 Å².